The second-order valence-electron chi connectivity index (χ2n) is 8.35. The topological polar surface area (TPSA) is 40.6 Å². The molecule has 1 aromatic heterocycles. The standard InChI is InChI=1S/C26H27F3N2O2S/c1-18(2)31(25(33)21-10-7-11-22(14-21)26(27,28)29)17-24(32)30(15-20-8-5-4-6-9-20)16-23-13-12-19(3)34-23/h4-14,18H,15-17H2,1-3H3. The lowest BCUT2D eigenvalue weighted by molar-refractivity contribution is -0.137. The summed E-state index contributed by atoms with van der Waals surface area (Å²) in [5.41, 5.74) is -0.0450. The number of nitrogens with zero attached hydrogens (tertiary/aromatic N) is 2. The fourth-order valence-electron chi connectivity index (χ4n) is 3.52. The van der Waals surface area contributed by atoms with Crippen LogP contribution in [0.25, 0.3) is 0 Å². The summed E-state index contributed by atoms with van der Waals surface area (Å²) in [4.78, 5) is 31.7. The zero-order chi connectivity index (χ0) is 24.9. The van der Waals surface area contributed by atoms with Gasteiger partial charge in [0.2, 0.25) is 5.91 Å². The number of hydrogen-bond acceptors (Lipinski definition) is 3. The van der Waals surface area contributed by atoms with E-state index in [1.165, 1.54) is 17.0 Å². The fraction of sp³-hybridized carbons (Fsp3) is 0.308. The van der Waals surface area contributed by atoms with Crippen molar-refractivity contribution < 1.29 is 22.8 Å². The third-order valence-electron chi connectivity index (χ3n) is 5.34. The van der Waals surface area contributed by atoms with Crippen LogP contribution in [0.2, 0.25) is 0 Å². The summed E-state index contributed by atoms with van der Waals surface area (Å²) in [6.07, 6.45) is -4.56. The third kappa shape index (κ3) is 6.70. The average molecular weight is 489 g/mol. The summed E-state index contributed by atoms with van der Waals surface area (Å²) >= 11 is 1.60. The van der Waals surface area contributed by atoms with Gasteiger partial charge in [0, 0.05) is 27.9 Å². The van der Waals surface area contributed by atoms with E-state index < -0.39 is 17.6 Å². The summed E-state index contributed by atoms with van der Waals surface area (Å²) in [6.45, 7) is 5.98. The first-order valence-electron chi connectivity index (χ1n) is 10.9. The summed E-state index contributed by atoms with van der Waals surface area (Å²) in [7, 11) is 0. The second-order valence-corrected chi connectivity index (χ2v) is 9.73. The largest absolute Gasteiger partial charge is 0.416 e. The molecule has 0 saturated carbocycles. The smallest absolute Gasteiger partial charge is 0.332 e. The summed E-state index contributed by atoms with van der Waals surface area (Å²) in [6, 6.07) is 17.4. The van der Waals surface area contributed by atoms with Crippen molar-refractivity contribution in [2.75, 3.05) is 6.54 Å². The molecule has 34 heavy (non-hydrogen) atoms. The van der Waals surface area contributed by atoms with Crippen molar-refractivity contribution in [3.8, 4) is 0 Å². The van der Waals surface area contributed by atoms with E-state index in [9.17, 15) is 22.8 Å². The minimum atomic E-state index is -4.56. The van der Waals surface area contributed by atoms with Gasteiger partial charge < -0.3 is 9.80 Å². The third-order valence-corrected chi connectivity index (χ3v) is 6.32. The minimum Gasteiger partial charge on any atom is -0.332 e. The molecule has 3 aromatic rings. The van der Waals surface area contributed by atoms with Crippen LogP contribution < -0.4 is 0 Å². The Hall–Kier alpha value is -3.13. The van der Waals surface area contributed by atoms with Gasteiger partial charge in [-0.05, 0) is 56.7 Å². The van der Waals surface area contributed by atoms with Gasteiger partial charge in [-0.15, -0.1) is 11.3 Å². The molecule has 1 heterocycles. The molecule has 2 aromatic carbocycles. The number of benzene rings is 2. The maximum absolute atomic E-state index is 13.4. The molecule has 0 aliphatic heterocycles. The molecule has 0 spiro atoms. The van der Waals surface area contributed by atoms with Crippen molar-refractivity contribution in [1.29, 1.82) is 0 Å². The van der Waals surface area contributed by atoms with E-state index in [0.29, 0.717) is 13.1 Å². The van der Waals surface area contributed by atoms with Gasteiger partial charge in [0.25, 0.3) is 5.91 Å². The number of hydrogen-bond donors (Lipinski definition) is 0. The summed E-state index contributed by atoms with van der Waals surface area (Å²) in [5, 5.41) is 0. The lowest BCUT2D eigenvalue weighted by Gasteiger charge is -2.30. The van der Waals surface area contributed by atoms with Crippen LogP contribution in [0.15, 0.2) is 66.7 Å². The molecular weight excluding hydrogens is 461 g/mol. The SMILES string of the molecule is Cc1ccc(CN(Cc2ccccc2)C(=O)CN(C(=O)c2cccc(C(F)(F)F)c2)C(C)C)s1. The molecule has 0 aliphatic rings. The summed E-state index contributed by atoms with van der Waals surface area (Å²) in [5.74, 6) is -0.884. The zero-order valence-corrected chi connectivity index (χ0v) is 20.1. The number of aryl methyl sites for hydroxylation is 1. The Bertz CT molecular complexity index is 1130. The molecule has 0 radical (unpaired) electrons. The van der Waals surface area contributed by atoms with Crippen molar-refractivity contribution in [3.63, 3.8) is 0 Å². The molecule has 0 atom stereocenters. The van der Waals surface area contributed by atoms with Crippen molar-refractivity contribution in [2.24, 2.45) is 0 Å². The average Bonchev–Trinajstić information content (AvgIpc) is 3.21. The Labute approximate surface area is 201 Å². The number of thiophene rings is 1. The van der Waals surface area contributed by atoms with Gasteiger partial charge in [-0.1, -0.05) is 36.4 Å². The molecule has 180 valence electrons. The van der Waals surface area contributed by atoms with Crippen LogP contribution >= 0.6 is 11.3 Å². The Morgan fingerprint density at radius 3 is 2.24 bits per heavy atom. The predicted molar refractivity (Wildman–Crippen MR) is 127 cm³/mol. The van der Waals surface area contributed by atoms with Gasteiger partial charge in [-0.2, -0.15) is 13.2 Å². The van der Waals surface area contributed by atoms with Gasteiger partial charge in [-0.25, -0.2) is 0 Å². The van der Waals surface area contributed by atoms with Gasteiger partial charge in [0.05, 0.1) is 12.1 Å². The van der Waals surface area contributed by atoms with E-state index in [0.717, 1.165) is 27.5 Å². The van der Waals surface area contributed by atoms with Crippen molar-refractivity contribution in [1.82, 2.24) is 9.80 Å². The normalized spacial score (nSPS) is 11.5. The van der Waals surface area contributed by atoms with E-state index in [-0.39, 0.29) is 24.1 Å². The van der Waals surface area contributed by atoms with Gasteiger partial charge in [0.15, 0.2) is 0 Å². The number of halogens is 3. The van der Waals surface area contributed by atoms with Crippen LogP contribution in [0, 0.1) is 6.92 Å². The quantitative estimate of drug-likeness (QED) is 0.381. The van der Waals surface area contributed by atoms with Gasteiger partial charge >= 0.3 is 6.18 Å². The van der Waals surface area contributed by atoms with Crippen LogP contribution in [0.4, 0.5) is 13.2 Å². The molecule has 8 heteroatoms. The van der Waals surface area contributed by atoms with Gasteiger partial charge in [-0.3, -0.25) is 9.59 Å². The Morgan fingerprint density at radius 2 is 1.65 bits per heavy atom. The zero-order valence-electron chi connectivity index (χ0n) is 19.3. The number of rotatable bonds is 8. The first kappa shape index (κ1) is 25.5. The Balaban J connectivity index is 1.83. The molecule has 0 fully saturated rings. The van der Waals surface area contributed by atoms with Crippen molar-refractivity contribution in [2.45, 2.75) is 46.1 Å². The predicted octanol–water partition coefficient (Wildman–Crippen LogP) is 6.15. The highest BCUT2D eigenvalue weighted by Crippen LogP contribution is 2.30. The minimum absolute atomic E-state index is 0.0974. The molecule has 0 unspecified atom stereocenters. The van der Waals surface area contributed by atoms with Crippen LogP contribution in [0.3, 0.4) is 0 Å². The molecular formula is C26H27F3N2O2S. The molecule has 0 aliphatic carbocycles. The molecule has 0 bridgehead atoms. The number of amides is 2. The number of carbonyl (C=O) groups is 2. The highest BCUT2D eigenvalue weighted by Gasteiger charge is 2.32. The molecule has 0 saturated heterocycles. The van der Waals surface area contributed by atoms with Crippen LogP contribution in [0.1, 0.15) is 45.1 Å². The molecule has 3 rings (SSSR count). The number of carbonyl (C=O) groups excluding carboxylic acids is 2. The number of alkyl halides is 3. The van der Waals surface area contributed by atoms with E-state index in [4.69, 9.17) is 0 Å². The Morgan fingerprint density at radius 1 is 0.941 bits per heavy atom. The lowest BCUT2D eigenvalue weighted by Crippen LogP contribution is -2.45. The first-order valence-corrected chi connectivity index (χ1v) is 11.7. The van der Waals surface area contributed by atoms with E-state index in [1.807, 2.05) is 49.4 Å². The van der Waals surface area contributed by atoms with Crippen LogP contribution in [-0.4, -0.2) is 34.2 Å². The Kier molecular flexibility index (Phi) is 8.15. The fourth-order valence-corrected chi connectivity index (χ4v) is 4.43. The molecule has 0 N–H and O–H groups in total. The van der Waals surface area contributed by atoms with Crippen LogP contribution in [0.5, 0.6) is 0 Å². The van der Waals surface area contributed by atoms with Crippen LogP contribution in [-0.2, 0) is 24.1 Å². The summed E-state index contributed by atoms with van der Waals surface area (Å²) < 4.78 is 39.4. The highest BCUT2D eigenvalue weighted by atomic mass is 32.1. The molecule has 2 amide bonds. The maximum atomic E-state index is 13.4. The van der Waals surface area contributed by atoms with E-state index in [1.54, 1.807) is 30.1 Å². The first-order chi connectivity index (χ1) is 16.0. The second kappa shape index (κ2) is 10.9. The van der Waals surface area contributed by atoms with Crippen molar-refractivity contribution in [3.05, 3.63) is 93.2 Å². The highest BCUT2D eigenvalue weighted by molar-refractivity contribution is 7.11. The van der Waals surface area contributed by atoms with E-state index in [2.05, 4.69) is 0 Å². The molecule has 4 nitrogen and oxygen atoms in total. The van der Waals surface area contributed by atoms with Crippen molar-refractivity contribution >= 4 is 23.2 Å². The van der Waals surface area contributed by atoms with Gasteiger partial charge in [0.1, 0.15) is 6.54 Å². The van der Waals surface area contributed by atoms with E-state index >= 15 is 0 Å². The lowest BCUT2D eigenvalue weighted by atomic mass is 10.1. The maximum Gasteiger partial charge on any atom is 0.416 e. The monoisotopic (exact) mass is 488 g/mol.